The molecule has 1 saturated heterocycles. The van der Waals surface area contributed by atoms with E-state index in [2.05, 4.69) is 9.73 Å². The molecule has 1 aliphatic rings. The summed E-state index contributed by atoms with van der Waals surface area (Å²) < 4.78 is 22.1. The van der Waals surface area contributed by atoms with Crippen molar-refractivity contribution in [1.29, 1.82) is 0 Å². The van der Waals surface area contributed by atoms with Gasteiger partial charge in [-0.1, -0.05) is 0 Å². The minimum atomic E-state index is -3.31. The van der Waals surface area contributed by atoms with Crippen LogP contribution in [0.1, 0.15) is 0 Å². The number of hydrazine groups is 1. The molecule has 1 N–H and O–H groups in total. The van der Waals surface area contributed by atoms with E-state index in [0.29, 0.717) is 13.1 Å². The molecule has 0 atom stereocenters. The SMILES string of the molecule is CN1CCN(NS(=O)(=O)CCl)CC1. The molecule has 1 aliphatic heterocycles. The van der Waals surface area contributed by atoms with E-state index in [4.69, 9.17) is 11.6 Å². The summed E-state index contributed by atoms with van der Waals surface area (Å²) in [6.45, 7) is 3.13. The van der Waals surface area contributed by atoms with E-state index in [1.165, 1.54) is 0 Å². The summed E-state index contributed by atoms with van der Waals surface area (Å²) >= 11 is 5.25. The number of rotatable bonds is 3. The molecular formula is C6H14ClN3O2S. The largest absolute Gasteiger partial charge is 0.304 e. The van der Waals surface area contributed by atoms with Crippen molar-refractivity contribution >= 4 is 21.6 Å². The fourth-order valence-corrected chi connectivity index (χ4v) is 1.89. The van der Waals surface area contributed by atoms with E-state index >= 15 is 0 Å². The minimum Gasteiger partial charge on any atom is -0.304 e. The number of sulfonamides is 1. The van der Waals surface area contributed by atoms with Crippen LogP contribution in [0.15, 0.2) is 0 Å². The van der Waals surface area contributed by atoms with Crippen molar-refractivity contribution < 1.29 is 8.42 Å². The Morgan fingerprint density at radius 1 is 1.31 bits per heavy atom. The van der Waals surface area contributed by atoms with Gasteiger partial charge in [0, 0.05) is 26.2 Å². The molecular weight excluding hydrogens is 214 g/mol. The molecule has 0 aromatic rings. The Hall–Kier alpha value is 0.120. The number of halogens is 1. The van der Waals surface area contributed by atoms with E-state index in [-0.39, 0.29) is 5.21 Å². The Morgan fingerprint density at radius 2 is 1.85 bits per heavy atom. The quantitative estimate of drug-likeness (QED) is 0.646. The lowest BCUT2D eigenvalue weighted by Crippen LogP contribution is -2.52. The number of alkyl halides is 1. The Kier molecular flexibility index (Phi) is 3.93. The highest BCUT2D eigenvalue weighted by Gasteiger charge is 2.18. The summed E-state index contributed by atoms with van der Waals surface area (Å²) in [4.78, 5) is 4.56. The van der Waals surface area contributed by atoms with Crippen LogP contribution in [-0.2, 0) is 10.0 Å². The average Bonchev–Trinajstić information content (AvgIpc) is 2.09. The second kappa shape index (κ2) is 4.56. The van der Waals surface area contributed by atoms with Gasteiger partial charge in [-0.2, -0.15) is 0 Å². The number of hydrogen-bond donors (Lipinski definition) is 1. The fourth-order valence-electron chi connectivity index (χ4n) is 1.12. The van der Waals surface area contributed by atoms with Crippen LogP contribution in [0.5, 0.6) is 0 Å². The van der Waals surface area contributed by atoms with Crippen molar-refractivity contribution in [3.63, 3.8) is 0 Å². The van der Waals surface area contributed by atoms with Gasteiger partial charge >= 0.3 is 0 Å². The topological polar surface area (TPSA) is 52.6 Å². The molecule has 78 valence electrons. The summed E-state index contributed by atoms with van der Waals surface area (Å²) in [7, 11) is -1.31. The third-order valence-corrected chi connectivity index (χ3v) is 3.60. The smallest absolute Gasteiger partial charge is 0.238 e. The van der Waals surface area contributed by atoms with Crippen LogP contribution in [0.4, 0.5) is 0 Å². The predicted octanol–water partition coefficient (Wildman–Crippen LogP) is -0.735. The molecule has 13 heavy (non-hydrogen) atoms. The summed E-state index contributed by atoms with van der Waals surface area (Å²) in [6, 6.07) is 0. The number of piperazine rings is 1. The molecule has 0 unspecified atom stereocenters. The van der Waals surface area contributed by atoms with Crippen LogP contribution in [-0.4, -0.2) is 56.8 Å². The van der Waals surface area contributed by atoms with Gasteiger partial charge in [-0.05, 0) is 7.05 Å². The van der Waals surface area contributed by atoms with Crippen molar-refractivity contribution in [1.82, 2.24) is 14.7 Å². The number of likely N-dealkylation sites (N-methyl/N-ethyl adjacent to an activating group) is 1. The van der Waals surface area contributed by atoms with Gasteiger partial charge in [0.1, 0.15) is 5.21 Å². The molecule has 1 fully saturated rings. The first-order valence-corrected chi connectivity index (χ1v) is 6.22. The zero-order valence-corrected chi connectivity index (χ0v) is 9.11. The van der Waals surface area contributed by atoms with Crippen molar-refractivity contribution in [3.05, 3.63) is 0 Å². The van der Waals surface area contributed by atoms with Gasteiger partial charge in [-0.25, -0.2) is 13.4 Å². The van der Waals surface area contributed by atoms with E-state index < -0.39 is 10.0 Å². The highest BCUT2D eigenvalue weighted by atomic mass is 35.5. The number of hydrogen-bond acceptors (Lipinski definition) is 4. The third kappa shape index (κ3) is 3.78. The van der Waals surface area contributed by atoms with Gasteiger partial charge in [0.05, 0.1) is 0 Å². The molecule has 5 nitrogen and oxygen atoms in total. The standard InChI is InChI=1S/C6H14ClN3O2S/c1-9-2-4-10(5-3-9)8-13(11,12)6-7/h8H,2-6H2,1H3. The van der Waals surface area contributed by atoms with Gasteiger partial charge < -0.3 is 4.90 Å². The number of nitrogens with one attached hydrogen (secondary N) is 1. The van der Waals surface area contributed by atoms with Crippen molar-refractivity contribution in [2.45, 2.75) is 0 Å². The molecule has 1 rings (SSSR count). The predicted molar refractivity (Wildman–Crippen MR) is 51.8 cm³/mol. The zero-order valence-electron chi connectivity index (χ0n) is 7.53. The van der Waals surface area contributed by atoms with Crippen LogP contribution in [0.25, 0.3) is 0 Å². The number of nitrogens with zero attached hydrogens (tertiary/aromatic N) is 2. The molecule has 0 bridgehead atoms. The van der Waals surface area contributed by atoms with E-state index in [0.717, 1.165) is 13.1 Å². The van der Waals surface area contributed by atoms with Crippen LogP contribution >= 0.6 is 11.6 Å². The van der Waals surface area contributed by atoms with Gasteiger partial charge in [0.15, 0.2) is 0 Å². The van der Waals surface area contributed by atoms with Crippen LogP contribution in [0, 0.1) is 0 Å². The highest BCUT2D eigenvalue weighted by molar-refractivity contribution is 7.90. The summed E-state index contributed by atoms with van der Waals surface area (Å²) in [5, 5.41) is 1.29. The van der Waals surface area contributed by atoms with Crippen molar-refractivity contribution in [3.8, 4) is 0 Å². The molecule has 0 amide bonds. The maximum atomic E-state index is 11.1. The molecule has 0 radical (unpaired) electrons. The second-order valence-corrected chi connectivity index (χ2v) is 5.39. The van der Waals surface area contributed by atoms with Crippen LogP contribution in [0.3, 0.4) is 0 Å². The Morgan fingerprint density at radius 3 is 2.31 bits per heavy atom. The monoisotopic (exact) mass is 227 g/mol. The zero-order chi connectivity index (χ0) is 9.90. The molecule has 0 aliphatic carbocycles. The third-order valence-electron chi connectivity index (χ3n) is 1.92. The average molecular weight is 228 g/mol. The van der Waals surface area contributed by atoms with E-state index in [9.17, 15) is 8.42 Å². The van der Waals surface area contributed by atoms with Crippen molar-refractivity contribution in [2.75, 3.05) is 38.4 Å². The molecule has 0 spiro atoms. The fraction of sp³-hybridized carbons (Fsp3) is 1.00. The van der Waals surface area contributed by atoms with E-state index in [1.807, 2.05) is 7.05 Å². The van der Waals surface area contributed by atoms with Crippen LogP contribution in [0.2, 0.25) is 0 Å². The molecule has 1 heterocycles. The first-order valence-electron chi connectivity index (χ1n) is 4.03. The van der Waals surface area contributed by atoms with Gasteiger partial charge in [0.2, 0.25) is 10.0 Å². The Balaban J connectivity index is 2.39. The lowest BCUT2D eigenvalue weighted by atomic mass is 10.4. The van der Waals surface area contributed by atoms with Crippen molar-refractivity contribution in [2.24, 2.45) is 0 Å². The lowest BCUT2D eigenvalue weighted by Gasteiger charge is -2.31. The van der Waals surface area contributed by atoms with E-state index in [1.54, 1.807) is 5.01 Å². The summed E-state index contributed by atoms with van der Waals surface area (Å²) in [6.07, 6.45) is 0. The molecule has 0 aromatic heterocycles. The highest BCUT2D eigenvalue weighted by Crippen LogP contribution is 1.98. The Bertz CT molecular complexity index is 249. The lowest BCUT2D eigenvalue weighted by molar-refractivity contribution is 0.135. The summed E-state index contributed by atoms with van der Waals surface area (Å²) in [5.74, 6) is 0. The normalized spacial score (nSPS) is 22.0. The summed E-state index contributed by atoms with van der Waals surface area (Å²) in [5.41, 5.74) is 0. The molecule has 0 aromatic carbocycles. The maximum Gasteiger partial charge on any atom is 0.238 e. The molecule has 7 heteroatoms. The van der Waals surface area contributed by atoms with Crippen LogP contribution < -0.4 is 4.83 Å². The first-order chi connectivity index (χ1) is 6.03. The maximum absolute atomic E-state index is 11.1. The first kappa shape index (κ1) is 11.2. The Labute approximate surface area is 83.7 Å². The molecule has 0 saturated carbocycles. The van der Waals surface area contributed by atoms with Gasteiger partial charge in [-0.15, -0.1) is 16.4 Å². The van der Waals surface area contributed by atoms with Gasteiger partial charge in [0.25, 0.3) is 0 Å². The second-order valence-electron chi connectivity index (χ2n) is 3.11. The van der Waals surface area contributed by atoms with Gasteiger partial charge in [-0.3, -0.25) is 0 Å². The minimum absolute atomic E-state index is 0.390.